The molecule has 0 aliphatic carbocycles. The summed E-state index contributed by atoms with van der Waals surface area (Å²) in [6.07, 6.45) is 2.59. The van der Waals surface area contributed by atoms with Crippen LogP contribution in [0.25, 0.3) is 0 Å². The van der Waals surface area contributed by atoms with Crippen LogP contribution in [0.2, 0.25) is 0 Å². The Morgan fingerprint density at radius 1 is 1.21 bits per heavy atom. The van der Waals surface area contributed by atoms with E-state index in [9.17, 15) is 13.2 Å². The Labute approximate surface area is 96.1 Å². The molecule has 0 saturated carbocycles. The average molecular weight is 293 g/mol. The van der Waals surface area contributed by atoms with Gasteiger partial charge in [0.25, 0.3) is 0 Å². The first-order chi connectivity index (χ1) is 6.33. The normalized spacial score (nSPS) is 16.7. The summed E-state index contributed by atoms with van der Waals surface area (Å²) in [5.74, 6) is 0.158. The number of thioether (sulfide) groups is 1. The molecule has 0 fully saturated rings. The summed E-state index contributed by atoms with van der Waals surface area (Å²) in [6, 6.07) is 0. The molecule has 0 spiro atoms. The molecule has 0 amide bonds. The summed E-state index contributed by atoms with van der Waals surface area (Å²) in [5.41, 5.74) is -4.08. The molecule has 5 heteroatoms. The summed E-state index contributed by atoms with van der Waals surface area (Å²) in [5, 5.41) is 0.770. The summed E-state index contributed by atoms with van der Waals surface area (Å²) < 4.78 is 35.6. The molecule has 0 rings (SSSR count). The van der Waals surface area contributed by atoms with Crippen LogP contribution in [-0.2, 0) is 0 Å². The highest BCUT2D eigenvalue weighted by atomic mass is 79.9. The fourth-order valence-electron chi connectivity index (χ4n) is 1.28. The van der Waals surface area contributed by atoms with E-state index in [1.165, 1.54) is 0 Å². The molecule has 0 aromatic carbocycles. The van der Waals surface area contributed by atoms with E-state index in [0.717, 1.165) is 18.2 Å². The summed E-state index contributed by atoms with van der Waals surface area (Å²) in [6.45, 7) is 4.08. The second kappa shape index (κ2) is 6.26. The molecule has 0 bridgehead atoms. The molecule has 86 valence electrons. The van der Waals surface area contributed by atoms with Gasteiger partial charge < -0.3 is 0 Å². The van der Waals surface area contributed by atoms with Gasteiger partial charge in [0, 0.05) is 11.1 Å². The standard InChI is InChI=1S/C9H16BrF3S/c1-3-4-8(2,7-10)5-6-14-9(11,12)13/h3-7H2,1-2H3. The lowest BCUT2D eigenvalue weighted by molar-refractivity contribution is -0.0328. The minimum Gasteiger partial charge on any atom is -0.160 e. The molecule has 1 unspecified atom stereocenters. The van der Waals surface area contributed by atoms with Gasteiger partial charge in [-0.2, -0.15) is 13.2 Å². The van der Waals surface area contributed by atoms with Gasteiger partial charge >= 0.3 is 5.51 Å². The molecule has 0 aliphatic rings. The third-order valence-electron chi connectivity index (χ3n) is 2.15. The van der Waals surface area contributed by atoms with Gasteiger partial charge in [0.1, 0.15) is 0 Å². The van der Waals surface area contributed by atoms with Crippen molar-refractivity contribution in [2.24, 2.45) is 5.41 Å². The monoisotopic (exact) mass is 292 g/mol. The van der Waals surface area contributed by atoms with Crippen molar-refractivity contribution in [1.29, 1.82) is 0 Å². The quantitative estimate of drug-likeness (QED) is 0.632. The minimum absolute atomic E-state index is 0.00694. The van der Waals surface area contributed by atoms with Crippen LogP contribution in [0.4, 0.5) is 13.2 Å². The molecule has 14 heavy (non-hydrogen) atoms. The maximum atomic E-state index is 11.9. The molecule has 0 radical (unpaired) electrons. The maximum Gasteiger partial charge on any atom is 0.441 e. The van der Waals surface area contributed by atoms with E-state index in [4.69, 9.17) is 0 Å². The van der Waals surface area contributed by atoms with Crippen molar-refractivity contribution in [3.8, 4) is 0 Å². The molecule has 0 heterocycles. The van der Waals surface area contributed by atoms with Crippen molar-refractivity contribution in [2.45, 2.75) is 38.6 Å². The summed E-state index contributed by atoms with van der Waals surface area (Å²) >= 11 is 3.44. The highest BCUT2D eigenvalue weighted by molar-refractivity contribution is 9.09. The first-order valence-corrected chi connectivity index (χ1v) is 6.70. The lowest BCUT2D eigenvalue weighted by Crippen LogP contribution is -2.19. The topological polar surface area (TPSA) is 0 Å². The first kappa shape index (κ1) is 14.6. The van der Waals surface area contributed by atoms with E-state index in [1.54, 1.807) is 0 Å². The molecule has 0 aromatic rings. The molecular weight excluding hydrogens is 277 g/mol. The van der Waals surface area contributed by atoms with Crippen molar-refractivity contribution in [2.75, 3.05) is 11.1 Å². The Kier molecular flexibility index (Phi) is 6.53. The molecule has 0 nitrogen and oxygen atoms in total. The smallest absolute Gasteiger partial charge is 0.160 e. The van der Waals surface area contributed by atoms with Gasteiger partial charge in [0.2, 0.25) is 0 Å². The zero-order valence-corrected chi connectivity index (χ0v) is 10.9. The van der Waals surface area contributed by atoms with E-state index in [1.807, 2.05) is 6.92 Å². The SMILES string of the molecule is CCCC(C)(CBr)CCSC(F)(F)F. The van der Waals surface area contributed by atoms with Gasteiger partial charge in [-0.15, -0.1) is 0 Å². The van der Waals surface area contributed by atoms with E-state index < -0.39 is 5.51 Å². The van der Waals surface area contributed by atoms with Crippen LogP contribution in [0, 0.1) is 5.41 Å². The average Bonchev–Trinajstić information content (AvgIpc) is 2.02. The van der Waals surface area contributed by atoms with Crippen molar-refractivity contribution < 1.29 is 13.2 Å². The van der Waals surface area contributed by atoms with Crippen molar-refractivity contribution in [3.05, 3.63) is 0 Å². The van der Waals surface area contributed by atoms with E-state index >= 15 is 0 Å². The van der Waals surface area contributed by atoms with Crippen LogP contribution in [0.15, 0.2) is 0 Å². The second-order valence-electron chi connectivity index (χ2n) is 3.74. The molecule has 0 N–H and O–H groups in total. The third-order valence-corrected chi connectivity index (χ3v) is 4.24. The number of alkyl halides is 4. The Hall–Kier alpha value is 0.620. The number of hydrogen-bond acceptors (Lipinski definition) is 1. The molecule has 0 saturated heterocycles. The Morgan fingerprint density at radius 3 is 2.14 bits per heavy atom. The van der Waals surface area contributed by atoms with Gasteiger partial charge in [-0.1, -0.05) is 48.0 Å². The third kappa shape index (κ3) is 6.98. The Bertz CT molecular complexity index is 161. The van der Waals surface area contributed by atoms with Gasteiger partial charge in [0.15, 0.2) is 0 Å². The number of rotatable bonds is 6. The van der Waals surface area contributed by atoms with Gasteiger partial charge in [-0.3, -0.25) is 0 Å². The van der Waals surface area contributed by atoms with Crippen molar-refractivity contribution >= 4 is 27.7 Å². The Morgan fingerprint density at radius 2 is 1.79 bits per heavy atom. The van der Waals surface area contributed by atoms with Gasteiger partial charge in [-0.25, -0.2) is 0 Å². The second-order valence-corrected chi connectivity index (χ2v) is 5.46. The van der Waals surface area contributed by atoms with Crippen LogP contribution in [0.5, 0.6) is 0 Å². The van der Waals surface area contributed by atoms with E-state index in [-0.39, 0.29) is 22.9 Å². The fraction of sp³-hybridized carbons (Fsp3) is 1.00. The highest BCUT2D eigenvalue weighted by Crippen LogP contribution is 2.36. The van der Waals surface area contributed by atoms with Crippen LogP contribution >= 0.6 is 27.7 Å². The maximum absolute atomic E-state index is 11.9. The number of hydrogen-bond donors (Lipinski definition) is 0. The van der Waals surface area contributed by atoms with Crippen LogP contribution < -0.4 is 0 Å². The first-order valence-electron chi connectivity index (χ1n) is 4.59. The van der Waals surface area contributed by atoms with E-state index in [2.05, 4.69) is 22.9 Å². The van der Waals surface area contributed by atoms with Crippen LogP contribution in [0.3, 0.4) is 0 Å². The van der Waals surface area contributed by atoms with Crippen LogP contribution in [0.1, 0.15) is 33.1 Å². The fourth-order valence-corrected chi connectivity index (χ4v) is 2.66. The molecule has 0 aromatic heterocycles. The molecule has 0 aliphatic heterocycles. The van der Waals surface area contributed by atoms with Gasteiger partial charge in [-0.05, 0) is 18.3 Å². The van der Waals surface area contributed by atoms with Crippen LogP contribution in [-0.4, -0.2) is 16.6 Å². The zero-order chi connectivity index (χ0) is 11.2. The summed E-state index contributed by atoms with van der Waals surface area (Å²) in [7, 11) is 0. The lowest BCUT2D eigenvalue weighted by Gasteiger charge is -2.26. The zero-order valence-electron chi connectivity index (χ0n) is 8.46. The Balaban J connectivity index is 3.84. The predicted molar refractivity (Wildman–Crippen MR) is 59.9 cm³/mol. The lowest BCUT2D eigenvalue weighted by atomic mass is 9.85. The van der Waals surface area contributed by atoms with Crippen molar-refractivity contribution in [1.82, 2.24) is 0 Å². The van der Waals surface area contributed by atoms with Crippen molar-refractivity contribution in [3.63, 3.8) is 0 Å². The van der Waals surface area contributed by atoms with E-state index in [0.29, 0.717) is 6.42 Å². The predicted octanol–water partition coefficient (Wildman–Crippen LogP) is 4.83. The summed E-state index contributed by atoms with van der Waals surface area (Å²) in [4.78, 5) is 0. The molecular formula is C9H16BrF3S. The van der Waals surface area contributed by atoms with Gasteiger partial charge in [0.05, 0.1) is 0 Å². The number of halogens is 4. The molecule has 1 atom stereocenters. The highest BCUT2D eigenvalue weighted by Gasteiger charge is 2.30. The minimum atomic E-state index is -4.08. The largest absolute Gasteiger partial charge is 0.441 e.